The number of rotatable bonds is 4. The molecule has 0 N–H and O–H groups in total. The number of hydrogen-bond acceptors (Lipinski definition) is 4. The Bertz CT molecular complexity index is 1690. The van der Waals surface area contributed by atoms with Crippen molar-refractivity contribution in [2.24, 2.45) is 0 Å². The summed E-state index contributed by atoms with van der Waals surface area (Å²) in [7, 11) is 0. The molecule has 6 rings (SSSR count). The van der Waals surface area contributed by atoms with Gasteiger partial charge in [0.15, 0.2) is 17.8 Å². The minimum atomic E-state index is -0.318. The van der Waals surface area contributed by atoms with E-state index in [0.717, 1.165) is 39.1 Å². The van der Waals surface area contributed by atoms with Gasteiger partial charge in [-0.1, -0.05) is 48.5 Å². The van der Waals surface area contributed by atoms with Gasteiger partial charge in [0.05, 0.1) is 5.56 Å². The Morgan fingerprint density at radius 3 is 2.38 bits per heavy atom. The third-order valence-corrected chi connectivity index (χ3v) is 5.83. The zero-order chi connectivity index (χ0) is 23.1. The molecule has 162 valence electrons. The molecule has 0 amide bonds. The van der Waals surface area contributed by atoms with Crippen molar-refractivity contribution in [1.82, 2.24) is 19.7 Å². The fourth-order valence-electron chi connectivity index (χ4n) is 4.16. The molecule has 0 aliphatic carbocycles. The van der Waals surface area contributed by atoms with Gasteiger partial charge in [-0.25, -0.2) is 19.0 Å². The molecule has 6 heteroatoms. The van der Waals surface area contributed by atoms with E-state index in [-0.39, 0.29) is 5.82 Å². The molecule has 3 aromatic heterocycles. The summed E-state index contributed by atoms with van der Waals surface area (Å²) in [6, 6.07) is 26.0. The molecule has 0 unspecified atom stereocenters. The molecule has 0 saturated carbocycles. The Kier molecular flexibility index (Phi) is 4.70. The van der Waals surface area contributed by atoms with E-state index in [9.17, 15) is 9.18 Å². The van der Waals surface area contributed by atoms with Crippen LogP contribution in [0.3, 0.4) is 0 Å². The summed E-state index contributed by atoms with van der Waals surface area (Å²) in [5.74, 6) is 0.189. The van der Waals surface area contributed by atoms with Crippen molar-refractivity contribution in [3.8, 4) is 28.2 Å². The fraction of sp³-hybridized carbons (Fsp3) is 0. The van der Waals surface area contributed by atoms with E-state index in [1.54, 1.807) is 29.2 Å². The van der Waals surface area contributed by atoms with Gasteiger partial charge in [0.25, 0.3) is 0 Å². The summed E-state index contributed by atoms with van der Waals surface area (Å²) >= 11 is 0. The van der Waals surface area contributed by atoms with Crippen LogP contribution in [0.25, 0.3) is 50.0 Å². The predicted octanol–water partition coefficient (Wildman–Crippen LogP) is 6.25. The first-order valence-electron chi connectivity index (χ1n) is 10.8. The zero-order valence-electron chi connectivity index (χ0n) is 17.9. The van der Waals surface area contributed by atoms with Crippen LogP contribution in [0.5, 0.6) is 0 Å². The lowest BCUT2D eigenvalue weighted by atomic mass is 10.0. The summed E-state index contributed by atoms with van der Waals surface area (Å²) in [5.41, 5.74) is 3.94. The zero-order valence-corrected chi connectivity index (χ0v) is 17.9. The van der Waals surface area contributed by atoms with Crippen LogP contribution in [-0.4, -0.2) is 26.0 Å². The molecule has 0 bridgehead atoms. The highest BCUT2D eigenvalue weighted by molar-refractivity contribution is 5.92. The number of fused-ring (bicyclic) bond motifs is 2. The number of hydrogen-bond donors (Lipinski definition) is 0. The first-order valence-corrected chi connectivity index (χ1v) is 10.8. The standard InChI is InChI=1S/C28H17FN4O/c29-24-11-9-19(10-12-24)25-15-22-6-3-13-30-27(22)31-28(25)33-16-23(17-34)26(32-33)21-8-7-18-4-1-2-5-20(18)14-21/h1-17H. The van der Waals surface area contributed by atoms with Crippen LogP contribution in [0.4, 0.5) is 4.39 Å². The first-order chi connectivity index (χ1) is 16.7. The quantitative estimate of drug-likeness (QED) is 0.301. The van der Waals surface area contributed by atoms with Gasteiger partial charge >= 0.3 is 0 Å². The van der Waals surface area contributed by atoms with Crippen molar-refractivity contribution >= 4 is 28.1 Å². The van der Waals surface area contributed by atoms with Crippen molar-refractivity contribution in [3.05, 3.63) is 109 Å². The van der Waals surface area contributed by atoms with Crippen molar-refractivity contribution in [2.75, 3.05) is 0 Å². The van der Waals surface area contributed by atoms with Crippen LogP contribution in [0, 0.1) is 5.82 Å². The van der Waals surface area contributed by atoms with Crippen molar-refractivity contribution < 1.29 is 9.18 Å². The van der Waals surface area contributed by atoms with E-state index in [1.165, 1.54) is 12.1 Å². The minimum absolute atomic E-state index is 0.318. The van der Waals surface area contributed by atoms with E-state index in [0.29, 0.717) is 22.7 Å². The minimum Gasteiger partial charge on any atom is -0.298 e. The lowest BCUT2D eigenvalue weighted by Crippen LogP contribution is -2.03. The Morgan fingerprint density at radius 1 is 0.794 bits per heavy atom. The van der Waals surface area contributed by atoms with Crippen LogP contribution in [0.2, 0.25) is 0 Å². The van der Waals surface area contributed by atoms with Crippen molar-refractivity contribution in [3.63, 3.8) is 0 Å². The number of aldehydes is 1. The van der Waals surface area contributed by atoms with Crippen LogP contribution >= 0.6 is 0 Å². The highest BCUT2D eigenvalue weighted by Crippen LogP contribution is 2.31. The van der Waals surface area contributed by atoms with E-state index in [4.69, 9.17) is 10.1 Å². The van der Waals surface area contributed by atoms with Gasteiger partial charge in [-0.05, 0) is 52.7 Å². The second-order valence-corrected chi connectivity index (χ2v) is 7.97. The Morgan fingerprint density at radius 2 is 1.56 bits per heavy atom. The Balaban J connectivity index is 1.57. The van der Waals surface area contributed by atoms with Crippen LogP contribution < -0.4 is 0 Å². The highest BCUT2D eigenvalue weighted by Gasteiger charge is 2.17. The Hall–Kier alpha value is -4.71. The second kappa shape index (κ2) is 8.01. The molecular formula is C28H17FN4O. The number of benzene rings is 3. The average molecular weight is 444 g/mol. The average Bonchev–Trinajstić information content (AvgIpc) is 3.32. The van der Waals surface area contributed by atoms with Crippen LogP contribution in [-0.2, 0) is 0 Å². The van der Waals surface area contributed by atoms with Gasteiger partial charge in [-0.15, -0.1) is 0 Å². The van der Waals surface area contributed by atoms with E-state index in [2.05, 4.69) is 4.98 Å². The molecule has 0 aliphatic rings. The second-order valence-electron chi connectivity index (χ2n) is 7.97. The van der Waals surface area contributed by atoms with Crippen LogP contribution in [0.1, 0.15) is 10.4 Å². The molecule has 0 radical (unpaired) electrons. The van der Waals surface area contributed by atoms with E-state index in [1.807, 2.05) is 60.7 Å². The third-order valence-electron chi connectivity index (χ3n) is 5.83. The number of carbonyl (C=O) groups excluding carboxylic acids is 1. The molecule has 0 aliphatic heterocycles. The fourth-order valence-corrected chi connectivity index (χ4v) is 4.16. The maximum Gasteiger partial charge on any atom is 0.163 e. The summed E-state index contributed by atoms with van der Waals surface area (Å²) in [6.07, 6.45) is 4.14. The molecule has 6 aromatic rings. The lowest BCUT2D eigenvalue weighted by Gasteiger charge is -2.11. The predicted molar refractivity (Wildman–Crippen MR) is 130 cm³/mol. The monoisotopic (exact) mass is 444 g/mol. The molecule has 0 fully saturated rings. The van der Waals surface area contributed by atoms with Gasteiger partial charge in [-0.3, -0.25) is 4.79 Å². The number of aromatic nitrogens is 4. The summed E-state index contributed by atoms with van der Waals surface area (Å²) in [4.78, 5) is 21.1. The molecule has 0 atom stereocenters. The van der Waals surface area contributed by atoms with Gasteiger partial charge in [0.2, 0.25) is 0 Å². The Labute approximate surface area is 194 Å². The van der Waals surface area contributed by atoms with Crippen molar-refractivity contribution in [2.45, 2.75) is 0 Å². The molecule has 0 saturated heterocycles. The molecular weight excluding hydrogens is 427 g/mol. The normalized spacial score (nSPS) is 11.2. The number of carbonyl (C=O) groups is 1. The number of halogens is 1. The number of nitrogens with zero attached hydrogens (tertiary/aromatic N) is 4. The van der Waals surface area contributed by atoms with Gasteiger partial charge in [0.1, 0.15) is 11.5 Å². The molecule has 5 nitrogen and oxygen atoms in total. The van der Waals surface area contributed by atoms with E-state index < -0.39 is 0 Å². The highest BCUT2D eigenvalue weighted by atomic mass is 19.1. The van der Waals surface area contributed by atoms with Gasteiger partial charge in [-0.2, -0.15) is 5.10 Å². The molecule has 3 aromatic carbocycles. The molecule has 0 spiro atoms. The largest absolute Gasteiger partial charge is 0.298 e. The van der Waals surface area contributed by atoms with E-state index >= 15 is 0 Å². The maximum atomic E-state index is 13.6. The number of pyridine rings is 2. The smallest absolute Gasteiger partial charge is 0.163 e. The summed E-state index contributed by atoms with van der Waals surface area (Å²) < 4.78 is 15.2. The van der Waals surface area contributed by atoms with Crippen molar-refractivity contribution in [1.29, 1.82) is 0 Å². The van der Waals surface area contributed by atoms with Gasteiger partial charge < -0.3 is 0 Å². The maximum absolute atomic E-state index is 13.6. The first kappa shape index (κ1) is 19.9. The SMILES string of the molecule is O=Cc1cn(-c2nc3ncccc3cc2-c2ccc(F)cc2)nc1-c1ccc2ccccc2c1. The molecule has 3 heterocycles. The van der Waals surface area contributed by atoms with Gasteiger partial charge in [0, 0.05) is 28.9 Å². The summed E-state index contributed by atoms with van der Waals surface area (Å²) in [5, 5.41) is 7.78. The lowest BCUT2D eigenvalue weighted by molar-refractivity contribution is 0.112. The summed E-state index contributed by atoms with van der Waals surface area (Å²) in [6.45, 7) is 0. The molecule has 34 heavy (non-hydrogen) atoms. The topological polar surface area (TPSA) is 60.7 Å². The third kappa shape index (κ3) is 3.42. The van der Waals surface area contributed by atoms with Crippen LogP contribution in [0.15, 0.2) is 97.3 Å².